The van der Waals surface area contributed by atoms with Crippen LogP contribution >= 0.6 is 0 Å². The second-order valence-electron chi connectivity index (χ2n) is 12.5. The molecule has 2 aliphatic carbocycles. The minimum Gasteiger partial charge on any atom is -0.281 e. The minimum atomic E-state index is -0.150. The molecule has 4 aliphatic heterocycles. The summed E-state index contributed by atoms with van der Waals surface area (Å²) in [6, 6.07) is 19.0. The fraction of sp³-hybridized carbons (Fsp3) is 0.484. The van der Waals surface area contributed by atoms with Gasteiger partial charge < -0.3 is 0 Å². The normalized spacial score (nSPS) is 33.2. The van der Waals surface area contributed by atoms with Crippen LogP contribution in [-0.4, -0.2) is 104 Å². The Balaban J connectivity index is 1.22. The van der Waals surface area contributed by atoms with Crippen LogP contribution in [0.25, 0.3) is 0 Å². The fourth-order valence-corrected chi connectivity index (χ4v) is 8.71. The first-order valence-electron chi connectivity index (χ1n) is 14.8. The summed E-state index contributed by atoms with van der Waals surface area (Å²) in [4.78, 5) is 60.4. The molecule has 10 nitrogen and oxygen atoms in total. The number of rotatable bonds is 4. The summed E-state index contributed by atoms with van der Waals surface area (Å²) < 4.78 is 0. The molecule has 212 valence electrons. The zero-order valence-electron chi connectivity index (χ0n) is 22.9. The van der Waals surface area contributed by atoms with Crippen LogP contribution in [-0.2, 0) is 32.3 Å². The molecule has 0 radical (unpaired) electrons. The van der Waals surface area contributed by atoms with Gasteiger partial charge in [-0.25, -0.2) is 20.0 Å². The van der Waals surface area contributed by atoms with Gasteiger partial charge in [0.1, 0.15) is 0 Å². The zero-order valence-corrected chi connectivity index (χ0v) is 22.9. The number of carbonyl (C=O) groups excluding carboxylic acids is 4. The third-order valence-electron chi connectivity index (χ3n) is 10.2. The van der Waals surface area contributed by atoms with E-state index in [2.05, 4.69) is 0 Å². The highest BCUT2D eigenvalue weighted by molar-refractivity contribution is 5.89. The van der Waals surface area contributed by atoms with Crippen molar-refractivity contribution < 1.29 is 19.2 Å². The van der Waals surface area contributed by atoms with Gasteiger partial charge in [0, 0.05) is 24.9 Å². The molecule has 2 aromatic rings. The third kappa shape index (κ3) is 3.91. The molecule has 0 N–H and O–H groups in total. The van der Waals surface area contributed by atoms with Crippen LogP contribution in [0.1, 0.15) is 30.4 Å². The van der Waals surface area contributed by atoms with Crippen LogP contribution in [0.3, 0.4) is 0 Å². The standard InChI is InChI=1S/C31H34N6O4/c38-28-16-32(14-20-7-3-1-4-8-20)17-29(39)35-25-12-24-22-11-23(25)27-13-26(22)36(34(24)28)30(40)18-33(19-31(41)37(27)35)15-21-9-5-2-6-10-21/h1-10,22-27H,11-19H2/t22?,23?,24-,25+,26+,27-. The van der Waals surface area contributed by atoms with Crippen molar-refractivity contribution in [1.82, 2.24) is 29.8 Å². The van der Waals surface area contributed by atoms with E-state index in [1.54, 1.807) is 20.0 Å². The summed E-state index contributed by atoms with van der Waals surface area (Å²) in [5, 5.41) is 7.15. The molecule has 2 saturated carbocycles. The minimum absolute atomic E-state index is 0.0351. The molecule has 6 bridgehead atoms. The van der Waals surface area contributed by atoms with Crippen LogP contribution in [0.5, 0.6) is 0 Å². The van der Waals surface area contributed by atoms with Crippen LogP contribution in [0.2, 0.25) is 0 Å². The van der Waals surface area contributed by atoms with Gasteiger partial charge in [0.25, 0.3) is 23.6 Å². The van der Waals surface area contributed by atoms with Crippen molar-refractivity contribution in [2.45, 2.75) is 56.5 Å². The van der Waals surface area contributed by atoms with E-state index in [-0.39, 0.29) is 85.8 Å². The van der Waals surface area contributed by atoms with Crippen LogP contribution in [0.15, 0.2) is 60.7 Å². The lowest BCUT2D eigenvalue weighted by Crippen LogP contribution is -2.62. The average molecular weight is 555 g/mol. The monoisotopic (exact) mass is 554 g/mol. The predicted octanol–water partition coefficient (Wildman–Crippen LogP) is 1.09. The Hall–Kier alpha value is -3.76. The number of benzene rings is 2. The molecule has 10 heteroatoms. The first-order valence-corrected chi connectivity index (χ1v) is 14.8. The number of hydrogen-bond acceptors (Lipinski definition) is 6. The smallest absolute Gasteiger partial charge is 0.255 e. The maximum atomic E-state index is 14.2. The van der Waals surface area contributed by atoms with Crippen molar-refractivity contribution in [1.29, 1.82) is 0 Å². The summed E-state index contributed by atoms with van der Waals surface area (Å²) in [5.41, 5.74) is 2.01. The number of hydrogen-bond donors (Lipinski definition) is 0. The molecule has 2 unspecified atom stereocenters. The lowest BCUT2D eigenvalue weighted by Gasteiger charge is -2.44. The van der Waals surface area contributed by atoms with Gasteiger partial charge in [0.05, 0.1) is 50.3 Å². The van der Waals surface area contributed by atoms with Gasteiger partial charge in [-0.15, -0.1) is 0 Å². The second-order valence-corrected chi connectivity index (χ2v) is 12.5. The van der Waals surface area contributed by atoms with Crippen molar-refractivity contribution in [3.63, 3.8) is 0 Å². The lowest BCUT2D eigenvalue weighted by molar-refractivity contribution is -0.179. The Bertz CT molecular complexity index is 1240. The van der Waals surface area contributed by atoms with E-state index in [4.69, 9.17) is 0 Å². The van der Waals surface area contributed by atoms with Crippen molar-refractivity contribution in [2.75, 3.05) is 26.2 Å². The average Bonchev–Trinajstić information content (AvgIpc) is 3.50. The first-order chi connectivity index (χ1) is 20.0. The first kappa shape index (κ1) is 25.0. The van der Waals surface area contributed by atoms with E-state index in [0.29, 0.717) is 25.9 Å². The molecule has 41 heavy (non-hydrogen) atoms. The van der Waals surface area contributed by atoms with Crippen molar-refractivity contribution in [3.05, 3.63) is 71.8 Å². The zero-order chi connectivity index (χ0) is 27.8. The highest BCUT2D eigenvalue weighted by Crippen LogP contribution is 2.55. The molecular weight excluding hydrogens is 520 g/mol. The Morgan fingerprint density at radius 1 is 0.463 bits per heavy atom. The van der Waals surface area contributed by atoms with E-state index in [1.807, 2.05) is 70.5 Å². The quantitative estimate of drug-likeness (QED) is 0.563. The van der Waals surface area contributed by atoms with Gasteiger partial charge in [-0.3, -0.25) is 29.0 Å². The van der Waals surface area contributed by atoms with Gasteiger partial charge in [-0.05, 0) is 30.4 Å². The van der Waals surface area contributed by atoms with E-state index in [9.17, 15) is 19.2 Å². The number of fused-ring (bicyclic) bond motifs is 2. The Labute approximate surface area is 239 Å². The molecule has 6 fully saturated rings. The third-order valence-corrected chi connectivity index (χ3v) is 10.2. The molecule has 4 saturated heterocycles. The van der Waals surface area contributed by atoms with E-state index in [0.717, 1.165) is 17.5 Å². The van der Waals surface area contributed by atoms with E-state index in [1.165, 1.54) is 0 Å². The summed E-state index contributed by atoms with van der Waals surface area (Å²) in [5.74, 6) is -0.159. The summed E-state index contributed by atoms with van der Waals surface area (Å²) in [6.45, 7) is 1.01. The SMILES string of the molecule is O=C1CN(Cc2ccccc2)CC(=O)N2[C@H]3C[C@@H]4C5CC3[C@H]3C[C@@H]5N(C(=O)CN(Cc5ccccc5)CC(=O)N32)N14. The molecule has 6 atom stereocenters. The molecule has 4 amide bonds. The van der Waals surface area contributed by atoms with Gasteiger partial charge >= 0.3 is 0 Å². The second kappa shape index (κ2) is 9.39. The lowest BCUT2D eigenvalue weighted by atomic mass is 9.65. The van der Waals surface area contributed by atoms with Crippen molar-refractivity contribution in [2.24, 2.45) is 11.8 Å². The molecule has 0 spiro atoms. The molecule has 2 aromatic carbocycles. The summed E-state index contributed by atoms with van der Waals surface area (Å²) in [7, 11) is 0. The Morgan fingerprint density at radius 2 is 0.780 bits per heavy atom. The van der Waals surface area contributed by atoms with Gasteiger partial charge in [-0.2, -0.15) is 0 Å². The van der Waals surface area contributed by atoms with Crippen LogP contribution in [0, 0.1) is 11.8 Å². The highest BCUT2D eigenvalue weighted by atomic mass is 16.2. The number of hydrazine groups is 2. The van der Waals surface area contributed by atoms with Gasteiger partial charge in [-0.1, -0.05) is 60.7 Å². The van der Waals surface area contributed by atoms with E-state index < -0.39 is 0 Å². The molecule has 4 heterocycles. The molecule has 8 rings (SSSR count). The van der Waals surface area contributed by atoms with Crippen LogP contribution < -0.4 is 0 Å². The van der Waals surface area contributed by atoms with Crippen molar-refractivity contribution in [3.8, 4) is 0 Å². The largest absolute Gasteiger partial charge is 0.281 e. The summed E-state index contributed by atoms with van der Waals surface area (Å²) >= 11 is 0. The maximum absolute atomic E-state index is 14.2. The molecular formula is C31H34N6O4. The van der Waals surface area contributed by atoms with Crippen molar-refractivity contribution >= 4 is 23.6 Å². The molecule has 6 aliphatic rings. The fourth-order valence-electron chi connectivity index (χ4n) is 8.71. The molecule has 0 aromatic heterocycles. The number of carbonyl (C=O) groups is 4. The van der Waals surface area contributed by atoms with Gasteiger partial charge in [0.15, 0.2) is 0 Å². The Kier molecular flexibility index (Phi) is 5.72. The van der Waals surface area contributed by atoms with Gasteiger partial charge in [0.2, 0.25) is 0 Å². The van der Waals surface area contributed by atoms with E-state index >= 15 is 0 Å². The number of amides is 4. The van der Waals surface area contributed by atoms with Crippen LogP contribution in [0.4, 0.5) is 0 Å². The highest BCUT2D eigenvalue weighted by Gasteiger charge is 2.66. The maximum Gasteiger partial charge on any atom is 0.255 e. The summed E-state index contributed by atoms with van der Waals surface area (Å²) in [6.07, 6.45) is 2.05. The predicted molar refractivity (Wildman–Crippen MR) is 147 cm³/mol. The Morgan fingerprint density at radius 3 is 1.10 bits per heavy atom. The topological polar surface area (TPSA) is 87.7 Å². The number of nitrogens with zero attached hydrogens (tertiary/aromatic N) is 6.